The molecule has 22 heavy (non-hydrogen) atoms. The Labute approximate surface area is 130 Å². The van der Waals surface area contributed by atoms with E-state index in [1.807, 2.05) is 36.4 Å². The first kappa shape index (κ1) is 15.7. The normalized spacial score (nSPS) is 9.91. The number of ether oxygens (including phenoxy) is 2. The third-order valence-electron chi connectivity index (χ3n) is 3.15. The maximum atomic E-state index is 11.8. The predicted molar refractivity (Wildman–Crippen MR) is 86.5 cm³/mol. The quantitative estimate of drug-likeness (QED) is 0.804. The van der Waals surface area contributed by atoms with Crippen LogP contribution in [0.1, 0.15) is 12.5 Å². The van der Waals surface area contributed by atoms with Gasteiger partial charge in [-0.3, -0.25) is 0 Å². The van der Waals surface area contributed by atoms with Gasteiger partial charge in [0.25, 0.3) is 0 Å². The Morgan fingerprint density at radius 1 is 1.05 bits per heavy atom. The summed E-state index contributed by atoms with van der Waals surface area (Å²) in [6.07, 6.45) is 0.971. The molecule has 0 saturated carbocycles. The van der Waals surface area contributed by atoms with Gasteiger partial charge in [-0.15, -0.1) is 0 Å². The number of nitrogens with one attached hydrogen (secondary N) is 2. The zero-order valence-electron chi connectivity index (χ0n) is 12.8. The monoisotopic (exact) mass is 300 g/mol. The van der Waals surface area contributed by atoms with Crippen molar-refractivity contribution in [3.05, 3.63) is 54.1 Å². The Bertz CT molecular complexity index is 612. The maximum absolute atomic E-state index is 11.8. The van der Waals surface area contributed by atoms with Crippen molar-refractivity contribution in [3.63, 3.8) is 0 Å². The van der Waals surface area contributed by atoms with Gasteiger partial charge < -0.3 is 20.1 Å². The zero-order chi connectivity index (χ0) is 15.8. The van der Waals surface area contributed by atoms with Crippen LogP contribution in [0, 0.1) is 0 Å². The Morgan fingerprint density at radius 2 is 1.73 bits per heavy atom. The lowest BCUT2D eigenvalue weighted by Crippen LogP contribution is -2.32. The van der Waals surface area contributed by atoms with Gasteiger partial charge >= 0.3 is 6.03 Å². The molecule has 2 aromatic rings. The molecule has 0 spiro atoms. The fourth-order valence-electron chi connectivity index (χ4n) is 1.92. The molecular formula is C17H20N2O3. The van der Waals surface area contributed by atoms with E-state index in [0.29, 0.717) is 11.5 Å². The standard InChI is InChI=1S/C17H20N2O3/c1-3-13-8-10-14(11-9-13)19-17(20)18-12-22-16-7-5-4-6-15(16)21-2/h4-11H,3,12H2,1-2H3,(H2,18,19,20). The van der Waals surface area contributed by atoms with Crippen LogP contribution >= 0.6 is 0 Å². The highest BCUT2D eigenvalue weighted by atomic mass is 16.5. The smallest absolute Gasteiger partial charge is 0.321 e. The minimum Gasteiger partial charge on any atom is -0.493 e. The van der Waals surface area contributed by atoms with Crippen molar-refractivity contribution in [2.45, 2.75) is 13.3 Å². The summed E-state index contributed by atoms with van der Waals surface area (Å²) in [6, 6.07) is 14.7. The van der Waals surface area contributed by atoms with Gasteiger partial charge in [-0.25, -0.2) is 4.79 Å². The number of carbonyl (C=O) groups excluding carboxylic acids is 1. The van der Waals surface area contributed by atoms with Crippen molar-refractivity contribution in [3.8, 4) is 11.5 Å². The van der Waals surface area contributed by atoms with Crippen molar-refractivity contribution in [2.24, 2.45) is 0 Å². The van der Waals surface area contributed by atoms with E-state index in [1.165, 1.54) is 5.56 Å². The van der Waals surface area contributed by atoms with Crippen molar-refractivity contribution < 1.29 is 14.3 Å². The first-order chi connectivity index (χ1) is 10.7. The number of benzene rings is 2. The van der Waals surface area contributed by atoms with E-state index in [4.69, 9.17) is 9.47 Å². The molecule has 2 aromatic carbocycles. The highest BCUT2D eigenvalue weighted by molar-refractivity contribution is 5.89. The molecule has 0 unspecified atom stereocenters. The van der Waals surface area contributed by atoms with Gasteiger partial charge in [0.2, 0.25) is 0 Å². The Hall–Kier alpha value is -2.69. The van der Waals surface area contributed by atoms with E-state index in [9.17, 15) is 4.79 Å². The summed E-state index contributed by atoms with van der Waals surface area (Å²) in [5.74, 6) is 1.21. The van der Waals surface area contributed by atoms with E-state index in [1.54, 1.807) is 19.2 Å². The zero-order valence-corrected chi connectivity index (χ0v) is 12.8. The minimum atomic E-state index is -0.320. The lowest BCUT2D eigenvalue weighted by Gasteiger charge is -2.12. The van der Waals surface area contributed by atoms with E-state index < -0.39 is 0 Å². The molecule has 2 amide bonds. The van der Waals surface area contributed by atoms with Crippen LogP contribution in [0.3, 0.4) is 0 Å². The third kappa shape index (κ3) is 4.41. The Morgan fingerprint density at radius 3 is 2.36 bits per heavy atom. The molecule has 0 heterocycles. The van der Waals surface area contributed by atoms with E-state index in [0.717, 1.165) is 12.1 Å². The third-order valence-corrected chi connectivity index (χ3v) is 3.15. The molecule has 0 saturated heterocycles. The molecule has 116 valence electrons. The molecule has 5 nitrogen and oxygen atoms in total. The topological polar surface area (TPSA) is 59.6 Å². The van der Waals surface area contributed by atoms with Crippen LogP contribution in [-0.4, -0.2) is 19.9 Å². The van der Waals surface area contributed by atoms with Crippen LogP contribution in [0.2, 0.25) is 0 Å². The number of anilines is 1. The number of rotatable bonds is 6. The van der Waals surface area contributed by atoms with Crippen LogP contribution < -0.4 is 20.1 Å². The molecule has 0 radical (unpaired) electrons. The average molecular weight is 300 g/mol. The molecule has 0 fully saturated rings. The summed E-state index contributed by atoms with van der Waals surface area (Å²) in [4.78, 5) is 11.8. The number of aryl methyl sites for hydroxylation is 1. The number of urea groups is 1. The number of hydrogen-bond donors (Lipinski definition) is 2. The van der Waals surface area contributed by atoms with E-state index in [2.05, 4.69) is 17.6 Å². The van der Waals surface area contributed by atoms with Crippen molar-refractivity contribution >= 4 is 11.7 Å². The minimum absolute atomic E-state index is 0.0548. The van der Waals surface area contributed by atoms with Gasteiger partial charge in [0.15, 0.2) is 18.2 Å². The highest BCUT2D eigenvalue weighted by Gasteiger charge is 2.04. The number of amides is 2. The van der Waals surface area contributed by atoms with Gasteiger partial charge in [-0.2, -0.15) is 0 Å². The predicted octanol–water partition coefficient (Wildman–Crippen LogP) is 3.42. The molecule has 2 rings (SSSR count). The van der Waals surface area contributed by atoms with Crippen LogP contribution in [0.5, 0.6) is 11.5 Å². The van der Waals surface area contributed by atoms with E-state index in [-0.39, 0.29) is 12.8 Å². The number of methoxy groups -OCH3 is 1. The molecular weight excluding hydrogens is 280 g/mol. The Balaban J connectivity index is 1.80. The largest absolute Gasteiger partial charge is 0.493 e. The second-order valence-corrected chi connectivity index (χ2v) is 4.62. The summed E-state index contributed by atoms with van der Waals surface area (Å²) in [5.41, 5.74) is 1.97. The average Bonchev–Trinajstić information content (AvgIpc) is 2.56. The molecule has 0 aliphatic carbocycles. The SMILES string of the molecule is CCc1ccc(NC(=O)NCOc2ccccc2OC)cc1. The lowest BCUT2D eigenvalue weighted by molar-refractivity contribution is 0.231. The first-order valence-electron chi connectivity index (χ1n) is 7.12. The second kappa shape index (κ2) is 7.93. The number of hydrogen-bond acceptors (Lipinski definition) is 3. The molecule has 0 atom stereocenters. The van der Waals surface area contributed by atoms with Crippen LogP contribution in [0.4, 0.5) is 10.5 Å². The summed E-state index contributed by atoms with van der Waals surface area (Å²) >= 11 is 0. The molecule has 2 N–H and O–H groups in total. The van der Waals surface area contributed by atoms with Gasteiger partial charge in [0.1, 0.15) is 0 Å². The fourth-order valence-corrected chi connectivity index (χ4v) is 1.92. The summed E-state index contributed by atoms with van der Waals surface area (Å²) in [5, 5.41) is 5.38. The maximum Gasteiger partial charge on any atom is 0.321 e. The number of para-hydroxylation sites is 2. The van der Waals surface area contributed by atoms with Crippen LogP contribution in [0.15, 0.2) is 48.5 Å². The van der Waals surface area contributed by atoms with Gasteiger partial charge in [0, 0.05) is 5.69 Å². The van der Waals surface area contributed by atoms with Gasteiger partial charge in [0.05, 0.1) is 7.11 Å². The molecule has 0 bridgehead atoms. The summed E-state index contributed by atoms with van der Waals surface area (Å²) < 4.78 is 10.6. The number of carbonyl (C=O) groups is 1. The Kier molecular flexibility index (Phi) is 5.65. The van der Waals surface area contributed by atoms with Crippen molar-refractivity contribution in [1.29, 1.82) is 0 Å². The lowest BCUT2D eigenvalue weighted by atomic mass is 10.1. The molecule has 5 heteroatoms. The molecule has 0 aliphatic rings. The van der Waals surface area contributed by atoms with E-state index >= 15 is 0 Å². The fraction of sp³-hybridized carbons (Fsp3) is 0.235. The van der Waals surface area contributed by atoms with Crippen LogP contribution in [-0.2, 0) is 6.42 Å². The molecule has 0 aromatic heterocycles. The highest BCUT2D eigenvalue weighted by Crippen LogP contribution is 2.25. The first-order valence-corrected chi connectivity index (χ1v) is 7.12. The summed E-state index contributed by atoms with van der Waals surface area (Å²) in [6.45, 7) is 2.14. The van der Waals surface area contributed by atoms with Gasteiger partial charge in [-0.1, -0.05) is 31.2 Å². The second-order valence-electron chi connectivity index (χ2n) is 4.62. The van der Waals surface area contributed by atoms with Crippen molar-refractivity contribution in [1.82, 2.24) is 5.32 Å². The van der Waals surface area contributed by atoms with Gasteiger partial charge in [-0.05, 0) is 36.2 Å². The summed E-state index contributed by atoms with van der Waals surface area (Å²) in [7, 11) is 1.57. The van der Waals surface area contributed by atoms with Crippen molar-refractivity contribution in [2.75, 3.05) is 19.2 Å². The molecule has 0 aliphatic heterocycles. The van der Waals surface area contributed by atoms with Crippen LogP contribution in [0.25, 0.3) is 0 Å².